The van der Waals surface area contributed by atoms with Crippen molar-refractivity contribution >= 4 is 24.0 Å². The highest BCUT2D eigenvalue weighted by atomic mass is 32.1. The molecule has 3 aromatic rings. The van der Waals surface area contributed by atoms with Crippen LogP contribution in [-0.4, -0.2) is 24.3 Å². The van der Waals surface area contributed by atoms with E-state index in [1.54, 1.807) is 23.7 Å². The van der Waals surface area contributed by atoms with Gasteiger partial charge in [-0.3, -0.25) is 4.98 Å². The van der Waals surface area contributed by atoms with Gasteiger partial charge in [-0.25, -0.2) is 0 Å². The lowest BCUT2D eigenvalue weighted by Crippen LogP contribution is -2.07. The number of aromatic nitrogens is 1. The molecular weight excluding hydrogens is 348 g/mol. The molecule has 0 amide bonds. The molecule has 0 bridgehead atoms. The zero-order chi connectivity index (χ0) is 17.7. The van der Waals surface area contributed by atoms with Gasteiger partial charge < -0.3 is 10.1 Å². The van der Waals surface area contributed by atoms with Crippen molar-refractivity contribution < 1.29 is 4.74 Å². The summed E-state index contributed by atoms with van der Waals surface area (Å²) in [4.78, 5) is 5.26. The third kappa shape index (κ3) is 7.30. The average molecular weight is 373 g/mol. The zero-order valence-corrected chi connectivity index (χ0v) is 16.1. The summed E-state index contributed by atoms with van der Waals surface area (Å²) in [6.07, 6.45) is 4.77. The number of hydrogen-bond acceptors (Lipinski definition) is 5. The van der Waals surface area contributed by atoms with Crippen LogP contribution in [0.15, 0.2) is 66.3 Å². The second-order valence-corrected chi connectivity index (χ2v) is 6.79. The monoisotopic (exact) mass is 372 g/mol. The molecule has 0 aliphatic rings. The predicted molar refractivity (Wildman–Crippen MR) is 111 cm³/mol. The highest BCUT2D eigenvalue weighted by Gasteiger charge is 2.00. The number of nitrogens with one attached hydrogen (secondary N) is 1. The van der Waals surface area contributed by atoms with Crippen LogP contribution < -0.4 is 10.1 Å². The van der Waals surface area contributed by atoms with Gasteiger partial charge in [0.15, 0.2) is 0 Å². The van der Waals surface area contributed by atoms with Crippen LogP contribution in [0, 0.1) is 0 Å². The number of rotatable bonds is 7. The van der Waals surface area contributed by atoms with E-state index in [1.165, 1.54) is 11.3 Å². The van der Waals surface area contributed by atoms with E-state index >= 15 is 0 Å². The minimum atomic E-state index is 0.622. The Balaban J connectivity index is 0.000000326. The quantitative estimate of drug-likeness (QED) is 0.456. The van der Waals surface area contributed by atoms with E-state index in [-0.39, 0.29) is 0 Å². The first-order valence-electron chi connectivity index (χ1n) is 8.24. The van der Waals surface area contributed by atoms with Crippen LogP contribution in [0.5, 0.6) is 5.75 Å². The maximum Gasteiger partial charge on any atom is 0.122 e. The molecule has 5 heteroatoms. The topological polar surface area (TPSA) is 34.1 Å². The Morgan fingerprint density at radius 3 is 2.56 bits per heavy atom. The number of thiol groups is 1. The Morgan fingerprint density at radius 1 is 1.08 bits per heavy atom. The second-order valence-electron chi connectivity index (χ2n) is 5.31. The van der Waals surface area contributed by atoms with Crippen molar-refractivity contribution in [1.82, 2.24) is 10.3 Å². The van der Waals surface area contributed by atoms with Crippen molar-refractivity contribution in [3.8, 4) is 16.9 Å². The van der Waals surface area contributed by atoms with Gasteiger partial charge in [-0.1, -0.05) is 18.2 Å². The standard InChI is InChI=1S/C16H13NOS.C4H11NS/c1-3-14(13-6-8-17-9-7-13)11-15(4-1)18-12-16-5-2-10-19-16;1-5-3-2-4-6/h1-11H,12H2;5-6H,2-4H2,1H3. The van der Waals surface area contributed by atoms with E-state index in [4.69, 9.17) is 4.74 Å². The van der Waals surface area contributed by atoms with Crippen LogP contribution in [0.3, 0.4) is 0 Å². The van der Waals surface area contributed by atoms with Gasteiger partial charge in [0, 0.05) is 17.3 Å². The molecule has 1 N–H and O–H groups in total. The van der Waals surface area contributed by atoms with Crippen molar-refractivity contribution in [2.24, 2.45) is 0 Å². The molecule has 2 aromatic heterocycles. The van der Waals surface area contributed by atoms with Crippen LogP contribution in [0.1, 0.15) is 11.3 Å². The molecule has 0 saturated heterocycles. The molecule has 2 heterocycles. The molecule has 0 saturated carbocycles. The van der Waals surface area contributed by atoms with Crippen LogP contribution >= 0.6 is 24.0 Å². The minimum absolute atomic E-state index is 0.622. The Labute approximate surface area is 159 Å². The lowest BCUT2D eigenvalue weighted by molar-refractivity contribution is 0.310. The van der Waals surface area contributed by atoms with E-state index in [0.29, 0.717) is 6.61 Å². The average Bonchev–Trinajstić information content (AvgIpc) is 3.20. The van der Waals surface area contributed by atoms with Gasteiger partial charge in [-0.15, -0.1) is 11.3 Å². The maximum absolute atomic E-state index is 5.81. The van der Waals surface area contributed by atoms with Gasteiger partial charge in [0.2, 0.25) is 0 Å². The first-order chi connectivity index (χ1) is 12.3. The predicted octanol–water partition coefficient (Wildman–Crippen LogP) is 4.91. The molecule has 0 aliphatic carbocycles. The molecule has 0 spiro atoms. The lowest BCUT2D eigenvalue weighted by atomic mass is 10.1. The van der Waals surface area contributed by atoms with E-state index in [0.717, 1.165) is 29.2 Å². The van der Waals surface area contributed by atoms with Crippen LogP contribution in [-0.2, 0) is 6.61 Å². The molecule has 3 nitrogen and oxygen atoms in total. The summed E-state index contributed by atoms with van der Waals surface area (Å²) in [6, 6.07) is 16.2. The summed E-state index contributed by atoms with van der Waals surface area (Å²) in [7, 11) is 1.95. The van der Waals surface area contributed by atoms with Gasteiger partial charge in [-0.05, 0) is 72.6 Å². The van der Waals surface area contributed by atoms with Crippen molar-refractivity contribution in [3.63, 3.8) is 0 Å². The lowest BCUT2D eigenvalue weighted by Gasteiger charge is -2.07. The molecule has 1 aromatic carbocycles. The van der Waals surface area contributed by atoms with Crippen molar-refractivity contribution in [1.29, 1.82) is 0 Å². The van der Waals surface area contributed by atoms with Crippen LogP contribution in [0.25, 0.3) is 11.1 Å². The number of ether oxygens (including phenoxy) is 1. The summed E-state index contributed by atoms with van der Waals surface area (Å²) in [5.41, 5.74) is 2.29. The third-order valence-electron chi connectivity index (χ3n) is 3.39. The normalized spacial score (nSPS) is 10.0. The highest BCUT2D eigenvalue weighted by Crippen LogP contribution is 2.24. The fourth-order valence-corrected chi connectivity index (χ4v) is 2.89. The van der Waals surface area contributed by atoms with Gasteiger partial charge in [-0.2, -0.15) is 12.6 Å². The third-order valence-corrected chi connectivity index (χ3v) is 4.56. The Hall–Kier alpha value is -1.82. The SMILES string of the molecule is CNCCCS.c1cc(OCc2cccs2)cc(-c2ccncc2)c1. The smallest absolute Gasteiger partial charge is 0.122 e. The maximum atomic E-state index is 5.81. The van der Waals surface area contributed by atoms with E-state index in [1.807, 2.05) is 37.4 Å². The second kappa shape index (κ2) is 11.7. The zero-order valence-electron chi connectivity index (χ0n) is 14.4. The van der Waals surface area contributed by atoms with Gasteiger partial charge in [0.25, 0.3) is 0 Å². The fraction of sp³-hybridized carbons (Fsp3) is 0.250. The Bertz CT molecular complexity index is 699. The van der Waals surface area contributed by atoms with Gasteiger partial charge in [0.1, 0.15) is 12.4 Å². The van der Waals surface area contributed by atoms with E-state index in [2.05, 4.69) is 46.5 Å². The highest BCUT2D eigenvalue weighted by molar-refractivity contribution is 7.80. The molecule has 0 unspecified atom stereocenters. The molecule has 25 heavy (non-hydrogen) atoms. The Kier molecular flexibility index (Phi) is 9.12. The fourth-order valence-electron chi connectivity index (χ4n) is 2.11. The first kappa shape index (κ1) is 19.5. The van der Waals surface area contributed by atoms with E-state index in [9.17, 15) is 0 Å². The van der Waals surface area contributed by atoms with Crippen LogP contribution in [0.4, 0.5) is 0 Å². The molecule has 0 aliphatic heterocycles. The van der Waals surface area contributed by atoms with E-state index < -0.39 is 0 Å². The number of nitrogens with zero attached hydrogens (tertiary/aromatic N) is 1. The summed E-state index contributed by atoms with van der Waals surface area (Å²) in [5, 5.41) is 5.08. The van der Waals surface area contributed by atoms with Crippen LogP contribution in [0.2, 0.25) is 0 Å². The number of benzene rings is 1. The molecule has 0 fully saturated rings. The number of pyridine rings is 1. The van der Waals surface area contributed by atoms with Crippen molar-refractivity contribution in [2.45, 2.75) is 13.0 Å². The first-order valence-corrected chi connectivity index (χ1v) is 9.76. The van der Waals surface area contributed by atoms with Crippen molar-refractivity contribution in [3.05, 3.63) is 71.2 Å². The number of thiophene rings is 1. The molecule has 0 atom stereocenters. The minimum Gasteiger partial charge on any atom is -0.488 e. The Morgan fingerprint density at radius 2 is 1.92 bits per heavy atom. The van der Waals surface area contributed by atoms with Gasteiger partial charge >= 0.3 is 0 Å². The van der Waals surface area contributed by atoms with Crippen molar-refractivity contribution in [2.75, 3.05) is 19.3 Å². The molecule has 3 rings (SSSR count). The summed E-state index contributed by atoms with van der Waals surface area (Å²) < 4.78 is 5.81. The summed E-state index contributed by atoms with van der Waals surface area (Å²) in [6.45, 7) is 1.71. The molecule has 0 radical (unpaired) electrons. The largest absolute Gasteiger partial charge is 0.488 e. The summed E-state index contributed by atoms with van der Waals surface area (Å²) >= 11 is 5.72. The molecular formula is C20H24N2OS2. The number of hydrogen-bond donors (Lipinski definition) is 2. The summed E-state index contributed by atoms with van der Waals surface area (Å²) in [5.74, 6) is 1.88. The molecule has 132 valence electrons. The van der Waals surface area contributed by atoms with Gasteiger partial charge in [0.05, 0.1) is 0 Å².